The maximum atomic E-state index is 11.3. The van der Waals surface area contributed by atoms with Gasteiger partial charge in [-0.05, 0) is 19.3 Å². The summed E-state index contributed by atoms with van der Waals surface area (Å²) in [5.41, 5.74) is 6.20. The number of piperidine rings is 1. The molecule has 2 aromatic rings. The Labute approximate surface area is 108 Å². The Hall–Kier alpha value is -2.38. The molecule has 2 aromatic heterocycles. The molecule has 0 aliphatic carbocycles. The Morgan fingerprint density at radius 3 is 3.05 bits per heavy atom. The van der Waals surface area contributed by atoms with E-state index in [1.165, 1.54) is 4.90 Å². The Bertz CT molecular complexity index is 625. The molecule has 8 nitrogen and oxygen atoms in total. The van der Waals surface area contributed by atoms with Crippen LogP contribution in [0.15, 0.2) is 12.4 Å². The third-order valence-electron chi connectivity index (χ3n) is 3.43. The highest BCUT2D eigenvalue weighted by atomic mass is 16.4. The topological polar surface area (TPSA) is 110 Å². The van der Waals surface area contributed by atoms with E-state index in [-0.39, 0.29) is 6.04 Å². The van der Waals surface area contributed by atoms with E-state index in [2.05, 4.69) is 15.2 Å². The quantitative estimate of drug-likeness (QED) is 0.790. The molecule has 0 aromatic carbocycles. The molecule has 19 heavy (non-hydrogen) atoms. The van der Waals surface area contributed by atoms with E-state index in [1.54, 1.807) is 16.8 Å². The number of aromatic nitrogens is 4. The monoisotopic (exact) mass is 262 g/mol. The number of amides is 1. The predicted octanol–water partition coefficient (Wildman–Crippen LogP) is 0.911. The normalized spacial score (nSPS) is 19.8. The molecule has 1 aliphatic heterocycles. The molecule has 0 saturated carbocycles. The molecule has 3 heterocycles. The molecule has 100 valence electrons. The first-order valence-electron chi connectivity index (χ1n) is 6.13. The number of nitrogens with zero attached hydrogens (tertiary/aromatic N) is 5. The van der Waals surface area contributed by atoms with Crippen molar-refractivity contribution in [2.75, 3.05) is 12.3 Å². The number of likely N-dealkylation sites (tertiary alicyclic amines) is 1. The largest absolute Gasteiger partial charge is 0.465 e. The number of hydrogen-bond donors (Lipinski definition) is 2. The van der Waals surface area contributed by atoms with Gasteiger partial charge in [0.15, 0.2) is 11.6 Å². The standard InChI is InChI=1S/C11H14N6O2/c12-8-10-15-14-9(17(10)6-4-13-8)7-3-1-2-5-16(7)11(18)19/h4,6-7H,1-3,5H2,(H2,12,13)(H,18,19). The highest BCUT2D eigenvalue weighted by molar-refractivity contribution is 5.66. The summed E-state index contributed by atoms with van der Waals surface area (Å²) in [7, 11) is 0. The number of nitrogens with two attached hydrogens (primary N) is 1. The fourth-order valence-electron chi connectivity index (χ4n) is 2.52. The molecule has 1 unspecified atom stereocenters. The summed E-state index contributed by atoms with van der Waals surface area (Å²) in [5, 5.41) is 17.4. The van der Waals surface area contributed by atoms with Gasteiger partial charge in [0.05, 0.1) is 6.04 Å². The average molecular weight is 262 g/mol. The zero-order valence-electron chi connectivity index (χ0n) is 10.2. The number of nitrogen functional groups attached to an aromatic ring is 1. The van der Waals surface area contributed by atoms with E-state index in [0.717, 1.165) is 19.3 Å². The van der Waals surface area contributed by atoms with Gasteiger partial charge >= 0.3 is 6.09 Å². The van der Waals surface area contributed by atoms with Crippen LogP contribution in [0.5, 0.6) is 0 Å². The summed E-state index contributed by atoms with van der Waals surface area (Å²) in [6, 6.07) is -0.275. The first kappa shape index (κ1) is 11.7. The molecular weight excluding hydrogens is 248 g/mol. The third-order valence-corrected chi connectivity index (χ3v) is 3.43. The van der Waals surface area contributed by atoms with Crippen molar-refractivity contribution in [1.29, 1.82) is 0 Å². The Kier molecular flexibility index (Phi) is 2.69. The van der Waals surface area contributed by atoms with E-state index in [1.807, 2.05) is 0 Å². The van der Waals surface area contributed by atoms with Crippen LogP contribution in [0.1, 0.15) is 31.1 Å². The molecule has 0 radical (unpaired) electrons. The lowest BCUT2D eigenvalue weighted by Crippen LogP contribution is -2.38. The maximum absolute atomic E-state index is 11.3. The summed E-state index contributed by atoms with van der Waals surface area (Å²) in [6.45, 7) is 0.523. The molecule has 8 heteroatoms. The molecule has 3 rings (SSSR count). The van der Waals surface area contributed by atoms with Crippen molar-refractivity contribution in [1.82, 2.24) is 24.5 Å². The average Bonchev–Trinajstić information content (AvgIpc) is 2.84. The highest BCUT2D eigenvalue weighted by Crippen LogP contribution is 2.30. The van der Waals surface area contributed by atoms with Gasteiger partial charge in [0.1, 0.15) is 0 Å². The second kappa shape index (κ2) is 4.38. The lowest BCUT2D eigenvalue weighted by Gasteiger charge is -2.32. The third kappa shape index (κ3) is 1.85. The molecule has 0 spiro atoms. The van der Waals surface area contributed by atoms with E-state index >= 15 is 0 Å². The Balaban J connectivity index is 2.07. The number of carbonyl (C=O) groups is 1. The van der Waals surface area contributed by atoms with Crippen LogP contribution in [0, 0.1) is 0 Å². The summed E-state index contributed by atoms with van der Waals surface area (Å²) >= 11 is 0. The fraction of sp³-hybridized carbons (Fsp3) is 0.455. The molecule has 1 atom stereocenters. The predicted molar refractivity (Wildman–Crippen MR) is 66.5 cm³/mol. The summed E-state index contributed by atoms with van der Waals surface area (Å²) < 4.78 is 1.72. The number of anilines is 1. The maximum Gasteiger partial charge on any atom is 0.407 e. The van der Waals surface area contributed by atoms with Crippen molar-refractivity contribution in [2.45, 2.75) is 25.3 Å². The lowest BCUT2D eigenvalue weighted by molar-refractivity contribution is 0.103. The molecule has 1 saturated heterocycles. The minimum Gasteiger partial charge on any atom is -0.465 e. The van der Waals surface area contributed by atoms with Gasteiger partial charge in [-0.3, -0.25) is 9.30 Å². The van der Waals surface area contributed by atoms with Gasteiger partial charge in [-0.2, -0.15) is 0 Å². The van der Waals surface area contributed by atoms with Gasteiger partial charge in [-0.25, -0.2) is 9.78 Å². The minimum absolute atomic E-state index is 0.275. The van der Waals surface area contributed by atoms with Gasteiger partial charge < -0.3 is 10.8 Å². The summed E-state index contributed by atoms with van der Waals surface area (Å²) in [5.74, 6) is 0.894. The highest BCUT2D eigenvalue weighted by Gasteiger charge is 2.31. The van der Waals surface area contributed by atoms with Gasteiger partial charge in [0.2, 0.25) is 5.65 Å². The van der Waals surface area contributed by atoms with Crippen molar-refractivity contribution in [2.24, 2.45) is 0 Å². The van der Waals surface area contributed by atoms with Crippen molar-refractivity contribution < 1.29 is 9.90 Å². The number of carboxylic acid groups (broad SMARTS) is 1. The summed E-state index contributed by atoms with van der Waals surface area (Å²) in [6.07, 6.45) is 4.94. The van der Waals surface area contributed by atoms with Crippen LogP contribution >= 0.6 is 0 Å². The van der Waals surface area contributed by atoms with E-state index in [0.29, 0.717) is 23.8 Å². The van der Waals surface area contributed by atoms with Crippen molar-refractivity contribution >= 4 is 17.6 Å². The van der Waals surface area contributed by atoms with Crippen LogP contribution < -0.4 is 5.73 Å². The molecule has 1 aliphatic rings. The smallest absolute Gasteiger partial charge is 0.407 e. The number of fused-ring (bicyclic) bond motifs is 1. The number of hydrogen-bond acceptors (Lipinski definition) is 5. The van der Waals surface area contributed by atoms with Gasteiger partial charge in [-0.1, -0.05) is 0 Å². The first-order valence-corrected chi connectivity index (χ1v) is 6.13. The van der Waals surface area contributed by atoms with E-state index in [4.69, 9.17) is 5.73 Å². The van der Waals surface area contributed by atoms with Gasteiger partial charge in [0.25, 0.3) is 0 Å². The van der Waals surface area contributed by atoms with Gasteiger partial charge in [0, 0.05) is 18.9 Å². The molecule has 0 bridgehead atoms. The van der Waals surface area contributed by atoms with Crippen molar-refractivity contribution in [3.05, 3.63) is 18.2 Å². The van der Waals surface area contributed by atoms with Crippen LogP contribution in [0.25, 0.3) is 5.65 Å². The molecule has 1 amide bonds. The summed E-state index contributed by atoms with van der Waals surface area (Å²) in [4.78, 5) is 16.7. The van der Waals surface area contributed by atoms with Crippen LogP contribution in [-0.4, -0.2) is 42.2 Å². The van der Waals surface area contributed by atoms with Crippen LogP contribution in [-0.2, 0) is 0 Å². The second-order valence-corrected chi connectivity index (χ2v) is 4.55. The van der Waals surface area contributed by atoms with Gasteiger partial charge in [-0.15, -0.1) is 10.2 Å². The second-order valence-electron chi connectivity index (χ2n) is 4.55. The molecule has 3 N–H and O–H groups in total. The van der Waals surface area contributed by atoms with Crippen LogP contribution in [0.4, 0.5) is 10.6 Å². The molecule has 1 fully saturated rings. The van der Waals surface area contributed by atoms with Crippen molar-refractivity contribution in [3.8, 4) is 0 Å². The van der Waals surface area contributed by atoms with E-state index in [9.17, 15) is 9.90 Å². The zero-order valence-corrected chi connectivity index (χ0v) is 10.2. The Morgan fingerprint density at radius 1 is 1.42 bits per heavy atom. The number of rotatable bonds is 1. The van der Waals surface area contributed by atoms with Crippen LogP contribution in [0.2, 0.25) is 0 Å². The van der Waals surface area contributed by atoms with Crippen molar-refractivity contribution in [3.63, 3.8) is 0 Å². The van der Waals surface area contributed by atoms with E-state index < -0.39 is 6.09 Å². The first-order chi connectivity index (χ1) is 9.18. The molecular formula is C11H14N6O2. The Morgan fingerprint density at radius 2 is 2.26 bits per heavy atom. The van der Waals surface area contributed by atoms with Crippen LogP contribution in [0.3, 0.4) is 0 Å². The fourth-order valence-corrected chi connectivity index (χ4v) is 2.52. The lowest BCUT2D eigenvalue weighted by atomic mass is 10.0. The zero-order chi connectivity index (χ0) is 13.4. The minimum atomic E-state index is -0.927. The SMILES string of the molecule is Nc1nccn2c(C3CCCCN3C(=O)O)nnc12.